The average molecular weight is 370 g/mol. The summed E-state index contributed by atoms with van der Waals surface area (Å²) in [4.78, 5) is 12.4. The van der Waals surface area contributed by atoms with Crippen LogP contribution in [0.15, 0.2) is 48.5 Å². The van der Waals surface area contributed by atoms with Crippen LogP contribution in [0.3, 0.4) is 0 Å². The number of ether oxygens (including phenoxy) is 2. The van der Waals surface area contributed by atoms with Gasteiger partial charge in [0.15, 0.2) is 17.6 Å². The SMILES string of the molecule is CC[C@@H](Oc1ccccc1OC)C(=O)NCCCc1ccc(C(C)C)cc1. The molecular formula is C23H31NO3. The molecule has 0 saturated heterocycles. The van der Waals surface area contributed by atoms with Crippen LogP contribution in [0.4, 0.5) is 0 Å². The van der Waals surface area contributed by atoms with E-state index in [2.05, 4.69) is 43.4 Å². The third-order valence-electron chi connectivity index (χ3n) is 4.59. The van der Waals surface area contributed by atoms with Crippen LogP contribution in [0.25, 0.3) is 0 Å². The summed E-state index contributed by atoms with van der Waals surface area (Å²) in [7, 11) is 1.59. The Hall–Kier alpha value is -2.49. The van der Waals surface area contributed by atoms with E-state index in [0.717, 1.165) is 12.8 Å². The Kier molecular flexibility index (Phi) is 8.18. The highest BCUT2D eigenvalue weighted by atomic mass is 16.5. The molecule has 2 aromatic carbocycles. The first-order valence-corrected chi connectivity index (χ1v) is 9.71. The van der Waals surface area contributed by atoms with Gasteiger partial charge < -0.3 is 14.8 Å². The third kappa shape index (κ3) is 6.31. The number of carbonyl (C=O) groups is 1. The molecule has 0 bridgehead atoms. The number of amides is 1. The van der Waals surface area contributed by atoms with E-state index < -0.39 is 6.10 Å². The van der Waals surface area contributed by atoms with E-state index >= 15 is 0 Å². The molecule has 0 aliphatic rings. The molecule has 1 atom stereocenters. The van der Waals surface area contributed by atoms with Gasteiger partial charge in [0.1, 0.15) is 0 Å². The fourth-order valence-electron chi connectivity index (χ4n) is 2.88. The molecule has 0 spiro atoms. The van der Waals surface area contributed by atoms with Crippen molar-refractivity contribution in [2.24, 2.45) is 0 Å². The van der Waals surface area contributed by atoms with Gasteiger partial charge in [-0.1, -0.05) is 57.2 Å². The molecule has 146 valence electrons. The highest BCUT2D eigenvalue weighted by Crippen LogP contribution is 2.27. The van der Waals surface area contributed by atoms with Crippen molar-refractivity contribution in [1.29, 1.82) is 0 Å². The molecule has 0 fully saturated rings. The average Bonchev–Trinajstić information content (AvgIpc) is 2.69. The molecule has 2 aromatic rings. The van der Waals surface area contributed by atoms with Gasteiger partial charge in [-0.05, 0) is 48.4 Å². The lowest BCUT2D eigenvalue weighted by Gasteiger charge is -2.18. The van der Waals surface area contributed by atoms with Gasteiger partial charge in [-0.2, -0.15) is 0 Å². The standard InChI is InChI=1S/C23H31NO3/c1-5-20(27-22-11-7-6-10-21(22)26-4)23(25)24-16-8-9-18-12-14-19(15-13-18)17(2)3/h6-7,10-15,17,20H,5,8-9,16H2,1-4H3,(H,24,25)/t20-/m1/s1. The molecule has 1 N–H and O–H groups in total. The van der Waals surface area contributed by atoms with Crippen LogP contribution in [0.2, 0.25) is 0 Å². The zero-order valence-corrected chi connectivity index (χ0v) is 16.8. The zero-order valence-electron chi connectivity index (χ0n) is 16.8. The predicted molar refractivity (Wildman–Crippen MR) is 110 cm³/mol. The Morgan fingerprint density at radius 1 is 1.04 bits per heavy atom. The molecule has 27 heavy (non-hydrogen) atoms. The van der Waals surface area contributed by atoms with Crippen molar-refractivity contribution in [3.8, 4) is 11.5 Å². The molecule has 0 heterocycles. The summed E-state index contributed by atoms with van der Waals surface area (Å²) < 4.78 is 11.1. The first-order valence-electron chi connectivity index (χ1n) is 9.71. The first kappa shape index (κ1) is 20.8. The van der Waals surface area contributed by atoms with Gasteiger partial charge in [0, 0.05) is 6.54 Å². The van der Waals surface area contributed by atoms with Gasteiger partial charge in [-0.3, -0.25) is 4.79 Å². The van der Waals surface area contributed by atoms with E-state index in [1.807, 2.05) is 31.2 Å². The Bertz CT molecular complexity index is 710. The predicted octanol–water partition coefficient (Wildman–Crippen LogP) is 4.73. The summed E-state index contributed by atoms with van der Waals surface area (Å²) >= 11 is 0. The second-order valence-corrected chi connectivity index (χ2v) is 6.96. The molecule has 0 radical (unpaired) electrons. The molecule has 0 saturated carbocycles. The lowest BCUT2D eigenvalue weighted by Crippen LogP contribution is -2.38. The fraction of sp³-hybridized carbons (Fsp3) is 0.435. The van der Waals surface area contributed by atoms with Crippen molar-refractivity contribution in [2.45, 2.75) is 52.1 Å². The molecule has 4 heteroatoms. The smallest absolute Gasteiger partial charge is 0.261 e. The second-order valence-electron chi connectivity index (χ2n) is 6.96. The highest BCUT2D eigenvalue weighted by Gasteiger charge is 2.19. The fourth-order valence-corrected chi connectivity index (χ4v) is 2.88. The normalized spacial score (nSPS) is 11.9. The van der Waals surface area contributed by atoms with E-state index in [1.165, 1.54) is 11.1 Å². The summed E-state index contributed by atoms with van der Waals surface area (Å²) in [5, 5.41) is 2.99. The number of methoxy groups -OCH3 is 1. The van der Waals surface area contributed by atoms with Crippen LogP contribution >= 0.6 is 0 Å². The molecule has 1 amide bonds. The number of carbonyl (C=O) groups excluding carboxylic acids is 1. The maximum Gasteiger partial charge on any atom is 0.261 e. The van der Waals surface area contributed by atoms with Gasteiger partial charge in [0.25, 0.3) is 5.91 Å². The Balaban J connectivity index is 1.79. The Labute approximate surface area is 162 Å². The van der Waals surface area contributed by atoms with Gasteiger partial charge in [0.05, 0.1) is 7.11 Å². The topological polar surface area (TPSA) is 47.6 Å². The van der Waals surface area contributed by atoms with Crippen molar-refractivity contribution in [2.75, 3.05) is 13.7 Å². The number of rotatable bonds is 10. The first-order chi connectivity index (χ1) is 13.0. The summed E-state index contributed by atoms with van der Waals surface area (Å²) in [6.07, 6.45) is 1.92. The molecule has 4 nitrogen and oxygen atoms in total. The van der Waals surface area contributed by atoms with E-state index in [4.69, 9.17) is 9.47 Å². The van der Waals surface area contributed by atoms with Crippen LogP contribution in [-0.4, -0.2) is 25.7 Å². The largest absolute Gasteiger partial charge is 0.493 e. The number of aryl methyl sites for hydroxylation is 1. The zero-order chi connectivity index (χ0) is 19.6. The Morgan fingerprint density at radius 2 is 1.70 bits per heavy atom. The van der Waals surface area contributed by atoms with E-state index in [-0.39, 0.29) is 5.91 Å². The monoisotopic (exact) mass is 369 g/mol. The van der Waals surface area contributed by atoms with E-state index in [1.54, 1.807) is 7.11 Å². The van der Waals surface area contributed by atoms with Gasteiger partial charge >= 0.3 is 0 Å². The third-order valence-corrected chi connectivity index (χ3v) is 4.59. The minimum atomic E-state index is -0.522. The molecule has 0 aliphatic heterocycles. The molecule has 0 aliphatic carbocycles. The number of hydrogen-bond acceptors (Lipinski definition) is 3. The van der Waals surface area contributed by atoms with Crippen molar-refractivity contribution in [1.82, 2.24) is 5.32 Å². The summed E-state index contributed by atoms with van der Waals surface area (Å²) in [6, 6.07) is 16.1. The minimum Gasteiger partial charge on any atom is -0.493 e. The molecule has 0 aromatic heterocycles. The maximum absolute atomic E-state index is 12.4. The van der Waals surface area contributed by atoms with Crippen LogP contribution < -0.4 is 14.8 Å². The van der Waals surface area contributed by atoms with E-state index in [9.17, 15) is 4.79 Å². The Morgan fingerprint density at radius 3 is 2.30 bits per heavy atom. The lowest BCUT2D eigenvalue weighted by atomic mass is 10.0. The lowest BCUT2D eigenvalue weighted by molar-refractivity contribution is -0.128. The quantitative estimate of drug-likeness (QED) is 0.616. The number of para-hydroxylation sites is 2. The van der Waals surface area contributed by atoms with Crippen molar-refractivity contribution in [3.05, 3.63) is 59.7 Å². The number of nitrogens with one attached hydrogen (secondary N) is 1. The van der Waals surface area contributed by atoms with Crippen molar-refractivity contribution < 1.29 is 14.3 Å². The van der Waals surface area contributed by atoms with Crippen LogP contribution in [0.1, 0.15) is 50.7 Å². The van der Waals surface area contributed by atoms with Crippen LogP contribution in [0, 0.1) is 0 Å². The van der Waals surface area contributed by atoms with Crippen molar-refractivity contribution >= 4 is 5.91 Å². The molecule has 2 rings (SSSR count). The minimum absolute atomic E-state index is 0.0847. The molecule has 0 unspecified atom stereocenters. The van der Waals surface area contributed by atoms with Gasteiger partial charge in [-0.25, -0.2) is 0 Å². The summed E-state index contributed by atoms with van der Waals surface area (Å²) in [6.45, 7) is 6.97. The molecular weight excluding hydrogens is 338 g/mol. The number of benzene rings is 2. The maximum atomic E-state index is 12.4. The summed E-state index contributed by atoms with van der Waals surface area (Å²) in [5.74, 6) is 1.69. The second kappa shape index (κ2) is 10.6. The van der Waals surface area contributed by atoms with Gasteiger partial charge in [-0.15, -0.1) is 0 Å². The summed E-state index contributed by atoms with van der Waals surface area (Å²) in [5.41, 5.74) is 2.65. The van der Waals surface area contributed by atoms with Crippen molar-refractivity contribution in [3.63, 3.8) is 0 Å². The number of hydrogen-bond donors (Lipinski definition) is 1. The van der Waals surface area contributed by atoms with Crippen LogP contribution in [-0.2, 0) is 11.2 Å². The van der Waals surface area contributed by atoms with Crippen LogP contribution in [0.5, 0.6) is 11.5 Å². The van der Waals surface area contributed by atoms with E-state index in [0.29, 0.717) is 30.4 Å². The van der Waals surface area contributed by atoms with Gasteiger partial charge in [0.2, 0.25) is 0 Å². The highest BCUT2D eigenvalue weighted by molar-refractivity contribution is 5.81.